The Balaban J connectivity index is 2.02. The number of amides is 1. The van der Waals surface area contributed by atoms with Crippen molar-refractivity contribution in [3.8, 4) is 0 Å². The number of aliphatic hydroxyl groups excluding tert-OH is 1. The van der Waals surface area contributed by atoms with Crippen molar-refractivity contribution in [3.63, 3.8) is 0 Å². The second-order valence-electron chi connectivity index (χ2n) is 4.00. The Bertz CT molecular complexity index is 590. The van der Waals surface area contributed by atoms with E-state index < -0.39 is 29.5 Å². The summed E-state index contributed by atoms with van der Waals surface area (Å²) in [7, 11) is 0. The summed E-state index contributed by atoms with van der Waals surface area (Å²) < 4.78 is 43.6. The first-order valence-electron chi connectivity index (χ1n) is 5.63. The van der Waals surface area contributed by atoms with E-state index >= 15 is 0 Å². The monoisotopic (exact) mass is 285 g/mol. The van der Waals surface area contributed by atoms with Gasteiger partial charge in [0.25, 0.3) is 5.91 Å². The molecular formula is C13H10F3NO3. The lowest BCUT2D eigenvalue weighted by atomic mass is 10.2. The summed E-state index contributed by atoms with van der Waals surface area (Å²) in [6, 6.07) is 4.22. The molecule has 0 saturated carbocycles. The smallest absolute Gasteiger partial charge is 0.251 e. The lowest BCUT2D eigenvalue weighted by Gasteiger charge is -2.10. The van der Waals surface area contributed by atoms with Gasteiger partial charge in [-0.05, 0) is 24.3 Å². The van der Waals surface area contributed by atoms with Crippen LogP contribution < -0.4 is 5.32 Å². The van der Waals surface area contributed by atoms with Crippen LogP contribution in [0.3, 0.4) is 0 Å². The van der Waals surface area contributed by atoms with Crippen LogP contribution in [0.1, 0.15) is 22.2 Å². The molecule has 0 aliphatic heterocycles. The van der Waals surface area contributed by atoms with Crippen LogP contribution in [0.25, 0.3) is 0 Å². The summed E-state index contributed by atoms with van der Waals surface area (Å²) >= 11 is 0. The van der Waals surface area contributed by atoms with Gasteiger partial charge in [-0.15, -0.1) is 0 Å². The van der Waals surface area contributed by atoms with Gasteiger partial charge in [-0.25, -0.2) is 13.2 Å². The summed E-state index contributed by atoms with van der Waals surface area (Å²) in [5, 5.41) is 11.9. The van der Waals surface area contributed by atoms with Crippen LogP contribution in [-0.2, 0) is 0 Å². The normalized spacial score (nSPS) is 12.2. The molecular weight excluding hydrogens is 275 g/mol. The van der Waals surface area contributed by atoms with Crippen molar-refractivity contribution in [2.24, 2.45) is 0 Å². The molecule has 0 spiro atoms. The fraction of sp³-hybridized carbons (Fsp3) is 0.154. The third-order valence-corrected chi connectivity index (χ3v) is 2.57. The van der Waals surface area contributed by atoms with Crippen molar-refractivity contribution in [2.75, 3.05) is 6.54 Å². The first kappa shape index (κ1) is 14.1. The Hall–Kier alpha value is -2.28. The number of aliphatic hydroxyl groups is 1. The Morgan fingerprint density at radius 1 is 1.30 bits per heavy atom. The van der Waals surface area contributed by atoms with E-state index in [1.54, 1.807) is 6.07 Å². The van der Waals surface area contributed by atoms with Gasteiger partial charge in [0, 0.05) is 5.56 Å². The Labute approximate surface area is 111 Å². The van der Waals surface area contributed by atoms with Crippen LogP contribution in [-0.4, -0.2) is 17.6 Å². The Kier molecular flexibility index (Phi) is 4.09. The number of benzene rings is 1. The van der Waals surface area contributed by atoms with Crippen LogP contribution in [0, 0.1) is 17.5 Å². The minimum atomic E-state index is -1.64. The quantitative estimate of drug-likeness (QED) is 0.846. The highest BCUT2D eigenvalue weighted by molar-refractivity contribution is 5.94. The number of hydrogen-bond donors (Lipinski definition) is 2. The highest BCUT2D eigenvalue weighted by Crippen LogP contribution is 2.15. The average molecular weight is 285 g/mol. The standard InChI is InChI=1S/C13H10F3NO3/c14-8-4-7(5-9(15)12(8)16)13(19)17-6-10(18)11-2-1-3-20-11/h1-5,10,18H,6H2,(H,17,19)/t10-/m1/s1. The van der Waals surface area contributed by atoms with Crippen LogP contribution in [0.4, 0.5) is 13.2 Å². The van der Waals surface area contributed by atoms with Gasteiger partial charge in [-0.3, -0.25) is 4.79 Å². The second-order valence-corrected chi connectivity index (χ2v) is 4.00. The van der Waals surface area contributed by atoms with Crippen LogP contribution in [0.2, 0.25) is 0 Å². The van der Waals surface area contributed by atoms with E-state index in [-0.39, 0.29) is 17.9 Å². The zero-order valence-electron chi connectivity index (χ0n) is 10.1. The highest BCUT2D eigenvalue weighted by atomic mass is 19.2. The van der Waals surface area contributed by atoms with E-state index in [2.05, 4.69) is 5.32 Å². The topological polar surface area (TPSA) is 62.5 Å². The molecule has 1 aromatic carbocycles. The molecule has 0 fully saturated rings. The van der Waals surface area contributed by atoms with Crippen molar-refractivity contribution in [1.82, 2.24) is 5.32 Å². The second kappa shape index (κ2) is 5.79. The number of halogens is 3. The molecule has 1 aromatic heterocycles. The highest BCUT2D eigenvalue weighted by Gasteiger charge is 2.17. The van der Waals surface area contributed by atoms with Crippen LogP contribution in [0.15, 0.2) is 34.9 Å². The molecule has 0 aliphatic rings. The van der Waals surface area contributed by atoms with Crippen molar-refractivity contribution in [3.05, 3.63) is 59.3 Å². The zero-order chi connectivity index (χ0) is 14.7. The minimum absolute atomic E-state index is 0.215. The van der Waals surface area contributed by atoms with Gasteiger partial charge in [-0.2, -0.15) is 0 Å². The molecule has 0 aliphatic carbocycles. The summed E-state index contributed by atoms with van der Waals surface area (Å²) in [5.74, 6) is -5.16. The van der Waals surface area contributed by atoms with Gasteiger partial charge < -0.3 is 14.8 Å². The van der Waals surface area contributed by atoms with Gasteiger partial charge >= 0.3 is 0 Å². The van der Waals surface area contributed by atoms with Crippen molar-refractivity contribution >= 4 is 5.91 Å². The minimum Gasteiger partial charge on any atom is -0.467 e. The molecule has 1 heterocycles. The van der Waals surface area contributed by atoms with Crippen molar-refractivity contribution < 1.29 is 27.5 Å². The van der Waals surface area contributed by atoms with Gasteiger partial charge in [0.05, 0.1) is 12.8 Å². The molecule has 0 saturated heterocycles. The molecule has 1 atom stereocenters. The zero-order valence-corrected chi connectivity index (χ0v) is 10.1. The van der Waals surface area contributed by atoms with E-state index in [1.807, 2.05) is 0 Å². The molecule has 1 amide bonds. The number of rotatable bonds is 4. The van der Waals surface area contributed by atoms with E-state index in [9.17, 15) is 23.1 Å². The summed E-state index contributed by atoms with van der Waals surface area (Å²) in [5.41, 5.74) is -0.381. The van der Waals surface area contributed by atoms with E-state index in [0.717, 1.165) is 0 Å². The predicted molar refractivity (Wildman–Crippen MR) is 62.3 cm³/mol. The lowest BCUT2D eigenvalue weighted by molar-refractivity contribution is 0.0900. The number of carbonyl (C=O) groups is 1. The van der Waals surface area contributed by atoms with Gasteiger partial charge in [0.1, 0.15) is 11.9 Å². The molecule has 0 bridgehead atoms. The van der Waals surface area contributed by atoms with Gasteiger partial charge in [0.15, 0.2) is 17.5 Å². The summed E-state index contributed by atoms with van der Waals surface area (Å²) in [6.07, 6.45) is 0.259. The lowest BCUT2D eigenvalue weighted by Crippen LogP contribution is -2.28. The van der Waals surface area contributed by atoms with Gasteiger partial charge in [0.2, 0.25) is 0 Å². The van der Waals surface area contributed by atoms with Crippen molar-refractivity contribution in [2.45, 2.75) is 6.10 Å². The molecule has 2 rings (SSSR count). The van der Waals surface area contributed by atoms with E-state index in [0.29, 0.717) is 12.1 Å². The molecule has 106 valence electrons. The van der Waals surface area contributed by atoms with E-state index in [1.165, 1.54) is 12.3 Å². The predicted octanol–water partition coefficient (Wildman–Crippen LogP) is 2.16. The third kappa shape index (κ3) is 3.00. The fourth-order valence-electron chi connectivity index (χ4n) is 1.56. The average Bonchev–Trinajstić information content (AvgIpc) is 2.95. The number of hydrogen-bond acceptors (Lipinski definition) is 3. The maximum Gasteiger partial charge on any atom is 0.251 e. The molecule has 7 heteroatoms. The Morgan fingerprint density at radius 2 is 1.95 bits per heavy atom. The largest absolute Gasteiger partial charge is 0.467 e. The maximum absolute atomic E-state index is 13.0. The number of carbonyl (C=O) groups excluding carboxylic acids is 1. The molecule has 2 aromatic rings. The van der Waals surface area contributed by atoms with Crippen LogP contribution in [0.5, 0.6) is 0 Å². The number of furan rings is 1. The van der Waals surface area contributed by atoms with Crippen LogP contribution >= 0.6 is 0 Å². The molecule has 0 unspecified atom stereocenters. The molecule has 4 nitrogen and oxygen atoms in total. The SMILES string of the molecule is O=C(NC[C@@H](O)c1ccco1)c1cc(F)c(F)c(F)c1. The van der Waals surface area contributed by atoms with Gasteiger partial charge in [-0.1, -0.05) is 0 Å². The number of nitrogens with one attached hydrogen (secondary N) is 1. The first-order chi connectivity index (χ1) is 9.49. The Morgan fingerprint density at radius 3 is 2.50 bits per heavy atom. The first-order valence-corrected chi connectivity index (χ1v) is 5.63. The summed E-state index contributed by atoms with van der Waals surface area (Å²) in [4.78, 5) is 11.6. The molecule has 2 N–H and O–H groups in total. The fourth-order valence-corrected chi connectivity index (χ4v) is 1.56. The molecule has 0 radical (unpaired) electrons. The molecule has 20 heavy (non-hydrogen) atoms. The van der Waals surface area contributed by atoms with Crippen molar-refractivity contribution in [1.29, 1.82) is 0 Å². The third-order valence-electron chi connectivity index (χ3n) is 2.57. The maximum atomic E-state index is 13.0. The summed E-state index contributed by atoms with van der Waals surface area (Å²) in [6.45, 7) is -0.215. The van der Waals surface area contributed by atoms with E-state index in [4.69, 9.17) is 4.42 Å².